The van der Waals surface area contributed by atoms with E-state index in [1.54, 1.807) is 0 Å². The molecule has 2 nitrogen and oxygen atoms in total. The molecule has 110 valence electrons. The van der Waals surface area contributed by atoms with Crippen molar-refractivity contribution in [2.24, 2.45) is 5.41 Å². The third-order valence-corrected chi connectivity index (χ3v) is 6.77. The Kier molecular flexibility index (Phi) is 4.86. The molecule has 3 fully saturated rings. The SMILES string of the molecule is BrCC1(CN2CCOC3CCCC32)CCCCCC1. The van der Waals surface area contributed by atoms with Crippen LogP contribution in [0.3, 0.4) is 0 Å². The van der Waals surface area contributed by atoms with Gasteiger partial charge in [0.25, 0.3) is 0 Å². The van der Waals surface area contributed by atoms with Gasteiger partial charge in [-0.05, 0) is 37.5 Å². The molecule has 0 N–H and O–H groups in total. The summed E-state index contributed by atoms with van der Waals surface area (Å²) in [7, 11) is 0. The third kappa shape index (κ3) is 3.19. The molecule has 1 heterocycles. The van der Waals surface area contributed by atoms with Gasteiger partial charge < -0.3 is 4.74 Å². The summed E-state index contributed by atoms with van der Waals surface area (Å²) < 4.78 is 5.96. The number of halogens is 1. The van der Waals surface area contributed by atoms with Crippen molar-refractivity contribution < 1.29 is 4.74 Å². The lowest BCUT2D eigenvalue weighted by Crippen LogP contribution is -2.52. The molecule has 3 rings (SSSR count). The van der Waals surface area contributed by atoms with Gasteiger partial charge in [-0.1, -0.05) is 41.6 Å². The van der Waals surface area contributed by atoms with Crippen molar-refractivity contribution >= 4 is 15.9 Å². The molecule has 0 aromatic heterocycles. The van der Waals surface area contributed by atoms with Crippen LogP contribution in [0.5, 0.6) is 0 Å². The normalized spacial score (nSPS) is 35.8. The van der Waals surface area contributed by atoms with Crippen LogP contribution >= 0.6 is 15.9 Å². The minimum Gasteiger partial charge on any atom is -0.375 e. The van der Waals surface area contributed by atoms with E-state index in [0.717, 1.165) is 19.2 Å². The second kappa shape index (κ2) is 6.44. The molecule has 0 radical (unpaired) electrons. The fourth-order valence-corrected chi connectivity index (χ4v) is 5.18. The van der Waals surface area contributed by atoms with Gasteiger partial charge in [0.1, 0.15) is 0 Å². The van der Waals surface area contributed by atoms with E-state index >= 15 is 0 Å². The monoisotopic (exact) mass is 329 g/mol. The Labute approximate surface area is 126 Å². The van der Waals surface area contributed by atoms with E-state index in [1.165, 1.54) is 69.7 Å². The fourth-order valence-electron chi connectivity index (χ4n) is 4.45. The molecular weight excluding hydrogens is 302 g/mol. The lowest BCUT2D eigenvalue weighted by atomic mass is 9.81. The number of alkyl halides is 1. The molecule has 2 aliphatic carbocycles. The largest absolute Gasteiger partial charge is 0.375 e. The molecule has 0 aromatic rings. The Morgan fingerprint density at radius 1 is 1.05 bits per heavy atom. The maximum Gasteiger partial charge on any atom is 0.0730 e. The van der Waals surface area contributed by atoms with Crippen LogP contribution in [0, 0.1) is 5.41 Å². The van der Waals surface area contributed by atoms with Gasteiger partial charge in [-0.25, -0.2) is 0 Å². The number of hydrogen-bond acceptors (Lipinski definition) is 2. The van der Waals surface area contributed by atoms with E-state index in [4.69, 9.17) is 4.74 Å². The van der Waals surface area contributed by atoms with Gasteiger partial charge in [-0.3, -0.25) is 4.90 Å². The summed E-state index contributed by atoms with van der Waals surface area (Å²) >= 11 is 3.84. The molecule has 19 heavy (non-hydrogen) atoms. The van der Waals surface area contributed by atoms with Crippen LogP contribution in [-0.4, -0.2) is 42.1 Å². The van der Waals surface area contributed by atoms with Gasteiger partial charge in [-0.15, -0.1) is 0 Å². The summed E-state index contributed by atoms with van der Waals surface area (Å²) in [6.45, 7) is 3.43. The number of fused-ring (bicyclic) bond motifs is 1. The average Bonchev–Trinajstić information content (AvgIpc) is 2.80. The zero-order valence-electron chi connectivity index (χ0n) is 12.1. The van der Waals surface area contributed by atoms with Crippen molar-refractivity contribution in [2.45, 2.75) is 69.9 Å². The highest BCUT2D eigenvalue weighted by molar-refractivity contribution is 9.09. The predicted molar refractivity (Wildman–Crippen MR) is 82.9 cm³/mol. The molecular formula is C16H28BrNO. The van der Waals surface area contributed by atoms with Crippen LogP contribution < -0.4 is 0 Å². The Balaban J connectivity index is 1.67. The zero-order chi connectivity index (χ0) is 13.1. The van der Waals surface area contributed by atoms with E-state index in [2.05, 4.69) is 20.8 Å². The number of rotatable bonds is 3. The molecule has 2 atom stereocenters. The quantitative estimate of drug-likeness (QED) is 0.573. The van der Waals surface area contributed by atoms with Crippen molar-refractivity contribution in [2.75, 3.05) is 25.0 Å². The molecule has 0 spiro atoms. The standard InChI is InChI=1S/C16H28BrNO/c17-12-16(8-3-1-2-4-9-16)13-18-10-11-19-15-7-5-6-14(15)18/h14-15H,1-13H2. The Morgan fingerprint density at radius 3 is 2.58 bits per heavy atom. The summed E-state index contributed by atoms with van der Waals surface area (Å²) in [6, 6.07) is 0.730. The molecule has 1 saturated heterocycles. The smallest absolute Gasteiger partial charge is 0.0730 e. The van der Waals surface area contributed by atoms with Crippen LogP contribution in [0.1, 0.15) is 57.8 Å². The third-order valence-electron chi connectivity index (χ3n) is 5.58. The van der Waals surface area contributed by atoms with Gasteiger partial charge in [-0.2, -0.15) is 0 Å². The second-order valence-corrected chi connectivity index (χ2v) is 7.49. The van der Waals surface area contributed by atoms with Crippen molar-refractivity contribution in [1.82, 2.24) is 4.90 Å². The van der Waals surface area contributed by atoms with Gasteiger partial charge in [0.15, 0.2) is 0 Å². The molecule has 0 bridgehead atoms. The molecule has 0 aromatic carbocycles. The van der Waals surface area contributed by atoms with Crippen LogP contribution in [0.4, 0.5) is 0 Å². The van der Waals surface area contributed by atoms with Gasteiger partial charge in [0.2, 0.25) is 0 Å². The zero-order valence-corrected chi connectivity index (χ0v) is 13.7. The van der Waals surface area contributed by atoms with Crippen molar-refractivity contribution in [3.63, 3.8) is 0 Å². The lowest BCUT2D eigenvalue weighted by molar-refractivity contribution is -0.0680. The minimum atomic E-state index is 0.543. The lowest BCUT2D eigenvalue weighted by Gasteiger charge is -2.43. The van der Waals surface area contributed by atoms with E-state index < -0.39 is 0 Å². The van der Waals surface area contributed by atoms with E-state index in [9.17, 15) is 0 Å². The molecule has 2 saturated carbocycles. The maximum absolute atomic E-state index is 5.96. The number of morpholine rings is 1. The summed E-state index contributed by atoms with van der Waals surface area (Å²) in [4.78, 5) is 2.79. The topological polar surface area (TPSA) is 12.5 Å². The first-order valence-corrected chi connectivity index (χ1v) is 9.37. The highest BCUT2D eigenvalue weighted by Crippen LogP contribution is 2.40. The first-order chi connectivity index (χ1) is 9.33. The summed E-state index contributed by atoms with van der Waals surface area (Å²) in [5, 5.41) is 1.19. The van der Waals surface area contributed by atoms with E-state index in [0.29, 0.717) is 11.5 Å². The summed E-state index contributed by atoms with van der Waals surface area (Å²) in [5.41, 5.74) is 0.543. The van der Waals surface area contributed by atoms with Crippen molar-refractivity contribution in [3.05, 3.63) is 0 Å². The van der Waals surface area contributed by atoms with Crippen LogP contribution in [0.15, 0.2) is 0 Å². The maximum atomic E-state index is 5.96. The summed E-state index contributed by atoms with van der Waals surface area (Å²) in [6.07, 6.45) is 13.2. The Hall–Kier alpha value is 0.400. The average molecular weight is 330 g/mol. The number of hydrogen-bond donors (Lipinski definition) is 0. The molecule has 1 aliphatic heterocycles. The van der Waals surface area contributed by atoms with Crippen LogP contribution in [0.2, 0.25) is 0 Å². The number of ether oxygens (including phenoxy) is 1. The first-order valence-electron chi connectivity index (χ1n) is 8.25. The number of nitrogens with zero attached hydrogens (tertiary/aromatic N) is 1. The van der Waals surface area contributed by atoms with Crippen LogP contribution in [-0.2, 0) is 4.74 Å². The Morgan fingerprint density at radius 2 is 1.84 bits per heavy atom. The van der Waals surface area contributed by atoms with Gasteiger partial charge in [0, 0.05) is 24.5 Å². The van der Waals surface area contributed by atoms with Crippen LogP contribution in [0.25, 0.3) is 0 Å². The van der Waals surface area contributed by atoms with Gasteiger partial charge in [0.05, 0.1) is 12.7 Å². The van der Waals surface area contributed by atoms with E-state index in [-0.39, 0.29) is 0 Å². The molecule has 3 aliphatic rings. The summed E-state index contributed by atoms with van der Waals surface area (Å²) in [5.74, 6) is 0. The predicted octanol–water partition coefficient (Wildman–Crippen LogP) is 3.98. The van der Waals surface area contributed by atoms with Gasteiger partial charge >= 0.3 is 0 Å². The van der Waals surface area contributed by atoms with E-state index in [1.807, 2.05) is 0 Å². The highest BCUT2D eigenvalue weighted by Gasteiger charge is 2.40. The minimum absolute atomic E-state index is 0.543. The second-order valence-electron chi connectivity index (χ2n) is 6.93. The molecule has 3 heteroatoms. The van der Waals surface area contributed by atoms with Crippen molar-refractivity contribution in [1.29, 1.82) is 0 Å². The molecule has 2 unspecified atom stereocenters. The Bertz CT molecular complexity index is 288. The fraction of sp³-hybridized carbons (Fsp3) is 1.00. The molecule has 0 amide bonds. The van der Waals surface area contributed by atoms with Crippen molar-refractivity contribution in [3.8, 4) is 0 Å². The first kappa shape index (κ1) is 14.3. The highest BCUT2D eigenvalue weighted by atomic mass is 79.9.